The van der Waals surface area contributed by atoms with Crippen molar-refractivity contribution in [2.45, 2.75) is 6.92 Å². The smallest absolute Gasteiger partial charge is 0.335 e. The van der Waals surface area contributed by atoms with Gasteiger partial charge in [-0.3, -0.25) is 0 Å². The number of hydrogen-bond acceptors (Lipinski definition) is 2. The first kappa shape index (κ1) is 11.8. The monoisotopic (exact) mass is 270 g/mol. The maximum absolute atomic E-state index is 10.7. The third kappa shape index (κ3) is 3.75. The molecule has 3 nitrogen and oxygen atoms in total. The van der Waals surface area contributed by atoms with Gasteiger partial charge in [-0.25, -0.2) is 4.79 Å². The molecule has 0 saturated heterocycles. The number of hydrogen-bond donors (Lipinski definition) is 1. The average Bonchev–Trinajstić information content (AvgIpc) is 2.17. The fourth-order valence-corrected chi connectivity index (χ4v) is 1.48. The van der Waals surface area contributed by atoms with Crippen LogP contribution < -0.4 is 4.74 Å². The van der Waals surface area contributed by atoms with Crippen LogP contribution in [0.1, 0.15) is 17.3 Å². The molecule has 1 aromatic carbocycles. The fraction of sp³-hybridized carbons (Fsp3) is 0.182. The van der Waals surface area contributed by atoms with Crippen LogP contribution >= 0.6 is 15.9 Å². The van der Waals surface area contributed by atoms with Crippen LogP contribution in [-0.2, 0) is 0 Å². The SMILES string of the molecule is C/C=C/COc1cc(Br)cc(C(=O)O)c1. The van der Waals surface area contributed by atoms with Gasteiger partial charge in [-0.15, -0.1) is 0 Å². The van der Waals surface area contributed by atoms with E-state index in [0.29, 0.717) is 16.8 Å². The second-order valence-electron chi connectivity index (χ2n) is 2.86. The summed E-state index contributed by atoms with van der Waals surface area (Å²) in [6.45, 7) is 2.33. The second-order valence-corrected chi connectivity index (χ2v) is 3.78. The number of benzene rings is 1. The van der Waals surface area contributed by atoms with Crippen molar-refractivity contribution in [3.8, 4) is 5.75 Å². The van der Waals surface area contributed by atoms with E-state index in [0.717, 1.165) is 0 Å². The van der Waals surface area contributed by atoms with Crippen molar-refractivity contribution in [3.63, 3.8) is 0 Å². The van der Waals surface area contributed by atoms with Crippen molar-refractivity contribution in [2.24, 2.45) is 0 Å². The van der Waals surface area contributed by atoms with Crippen LogP contribution in [-0.4, -0.2) is 17.7 Å². The van der Waals surface area contributed by atoms with Crippen LogP contribution in [0.4, 0.5) is 0 Å². The summed E-state index contributed by atoms with van der Waals surface area (Å²) >= 11 is 3.23. The Bertz CT molecular complexity index is 385. The zero-order chi connectivity index (χ0) is 11.3. The van der Waals surface area contributed by atoms with Gasteiger partial charge in [0.1, 0.15) is 12.4 Å². The molecule has 0 bridgehead atoms. The zero-order valence-corrected chi connectivity index (χ0v) is 9.82. The van der Waals surface area contributed by atoms with Gasteiger partial charge < -0.3 is 9.84 Å². The number of allylic oxidation sites excluding steroid dienone is 1. The van der Waals surface area contributed by atoms with Gasteiger partial charge in [0, 0.05) is 4.47 Å². The summed E-state index contributed by atoms with van der Waals surface area (Å²) in [6.07, 6.45) is 3.72. The van der Waals surface area contributed by atoms with Gasteiger partial charge in [0.05, 0.1) is 5.56 Å². The fourth-order valence-electron chi connectivity index (χ4n) is 1.01. The highest BCUT2D eigenvalue weighted by atomic mass is 79.9. The Balaban J connectivity index is 2.84. The number of carbonyl (C=O) groups is 1. The Labute approximate surface area is 96.5 Å². The van der Waals surface area contributed by atoms with Gasteiger partial charge in [0.2, 0.25) is 0 Å². The Hall–Kier alpha value is -1.29. The minimum absolute atomic E-state index is 0.208. The number of ether oxygens (including phenoxy) is 1. The van der Waals surface area contributed by atoms with E-state index in [1.807, 2.05) is 19.1 Å². The van der Waals surface area contributed by atoms with Crippen LogP contribution in [0.25, 0.3) is 0 Å². The van der Waals surface area contributed by atoms with E-state index >= 15 is 0 Å². The molecule has 0 aliphatic rings. The topological polar surface area (TPSA) is 46.5 Å². The predicted molar refractivity (Wildman–Crippen MR) is 61.4 cm³/mol. The van der Waals surface area contributed by atoms with Gasteiger partial charge in [0.25, 0.3) is 0 Å². The Morgan fingerprint density at radius 2 is 2.27 bits per heavy atom. The third-order valence-electron chi connectivity index (χ3n) is 1.70. The first-order chi connectivity index (χ1) is 7.13. The minimum Gasteiger partial charge on any atom is -0.489 e. The van der Waals surface area contributed by atoms with Gasteiger partial charge in [-0.05, 0) is 25.1 Å². The summed E-state index contributed by atoms with van der Waals surface area (Å²) < 4.78 is 6.03. The van der Waals surface area contributed by atoms with Gasteiger partial charge in [-0.2, -0.15) is 0 Å². The van der Waals surface area contributed by atoms with Gasteiger partial charge in [-0.1, -0.05) is 28.1 Å². The molecule has 80 valence electrons. The van der Waals surface area contributed by atoms with Crippen molar-refractivity contribution in [2.75, 3.05) is 6.61 Å². The molecule has 1 N–H and O–H groups in total. The Morgan fingerprint density at radius 3 is 2.87 bits per heavy atom. The Morgan fingerprint density at radius 1 is 1.53 bits per heavy atom. The zero-order valence-electron chi connectivity index (χ0n) is 8.24. The molecule has 1 aromatic rings. The largest absolute Gasteiger partial charge is 0.489 e. The first-order valence-corrected chi connectivity index (χ1v) is 5.20. The summed E-state index contributed by atoms with van der Waals surface area (Å²) in [5.74, 6) is -0.424. The molecule has 0 saturated carbocycles. The molecule has 0 amide bonds. The van der Waals surface area contributed by atoms with E-state index in [4.69, 9.17) is 9.84 Å². The molecule has 0 fully saturated rings. The highest BCUT2D eigenvalue weighted by Gasteiger charge is 2.06. The predicted octanol–water partition coefficient (Wildman–Crippen LogP) is 3.10. The van der Waals surface area contributed by atoms with E-state index < -0.39 is 5.97 Å². The lowest BCUT2D eigenvalue weighted by atomic mass is 10.2. The first-order valence-electron chi connectivity index (χ1n) is 4.41. The molecule has 0 spiro atoms. The number of rotatable bonds is 4. The molecule has 0 aliphatic carbocycles. The number of carboxylic acid groups (broad SMARTS) is 1. The standard InChI is InChI=1S/C11H11BrO3/c1-2-3-4-15-10-6-8(11(13)14)5-9(12)7-10/h2-3,5-7H,4H2,1H3,(H,13,14)/b3-2+. The van der Waals surface area contributed by atoms with Crippen molar-refractivity contribution in [3.05, 3.63) is 40.4 Å². The quantitative estimate of drug-likeness (QED) is 0.856. The normalized spacial score (nSPS) is 10.5. The van der Waals surface area contributed by atoms with Gasteiger partial charge >= 0.3 is 5.97 Å². The molecular formula is C11H11BrO3. The molecule has 15 heavy (non-hydrogen) atoms. The third-order valence-corrected chi connectivity index (χ3v) is 2.16. The van der Waals surface area contributed by atoms with Gasteiger partial charge in [0.15, 0.2) is 0 Å². The molecule has 1 rings (SSSR count). The summed E-state index contributed by atoms with van der Waals surface area (Å²) in [6, 6.07) is 4.76. The van der Waals surface area contributed by atoms with Crippen molar-refractivity contribution in [1.29, 1.82) is 0 Å². The highest BCUT2D eigenvalue weighted by Crippen LogP contribution is 2.21. The van der Waals surface area contributed by atoms with Crippen LogP contribution in [0.3, 0.4) is 0 Å². The summed E-state index contributed by atoms with van der Waals surface area (Å²) in [4.78, 5) is 10.7. The molecule has 0 unspecified atom stereocenters. The highest BCUT2D eigenvalue weighted by molar-refractivity contribution is 9.10. The minimum atomic E-state index is -0.966. The van der Waals surface area contributed by atoms with Crippen molar-refractivity contribution < 1.29 is 14.6 Å². The second kappa shape index (κ2) is 5.56. The molecular weight excluding hydrogens is 260 g/mol. The molecule has 0 heterocycles. The maximum Gasteiger partial charge on any atom is 0.335 e. The van der Waals surface area contributed by atoms with E-state index in [-0.39, 0.29) is 5.56 Å². The lowest BCUT2D eigenvalue weighted by Gasteiger charge is -2.05. The maximum atomic E-state index is 10.7. The van der Waals surface area contributed by atoms with Crippen LogP contribution in [0.15, 0.2) is 34.8 Å². The van der Waals surface area contributed by atoms with Crippen molar-refractivity contribution in [1.82, 2.24) is 0 Å². The Kier molecular flexibility index (Phi) is 4.37. The van der Waals surface area contributed by atoms with E-state index in [2.05, 4.69) is 15.9 Å². The number of halogens is 1. The summed E-state index contributed by atoms with van der Waals surface area (Å²) in [5, 5.41) is 8.81. The van der Waals surface area contributed by atoms with E-state index in [1.165, 1.54) is 12.1 Å². The molecule has 0 aromatic heterocycles. The van der Waals surface area contributed by atoms with E-state index in [9.17, 15) is 4.79 Å². The molecule has 0 aliphatic heterocycles. The lowest BCUT2D eigenvalue weighted by molar-refractivity contribution is 0.0696. The molecule has 0 atom stereocenters. The van der Waals surface area contributed by atoms with Crippen LogP contribution in [0.2, 0.25) is 0 Å². The van der Waals surface area contributed by atoms with Crippen LogP contribution in [0.5, 0.6) is 5.75 Å². The number of aromatic carboxylic acids is 1. The lowest BCUT2D eigenvalue weighted by Crippen LogP contribution is -1.99. The summed E-state index contributed by atoms with van der Waals surface area (Å²) in [5.41, 5.74) is 0.208. The van der Waals surface area contributed by atoms with Crippen molar-refractivity contribution >= 4 is 21.9 Å². The van der Waals surface area contributed by atoms with Crippen LogP contribution in [0, 0.1) is 0 Å². The number of carboxylic acids is 1. The molecule has 0 radical (unpaired) electrons. The summed E-state index contributed by atoms with van der Waals surface area (Å²) in [7, 11) is 0. The molecule has 4 heteroatoms. The van der Waals surface area contributed by atoms with E-state index in [1.54, 1.807) is 6.07 Å². The average molecular weight is 271 g/mol.